The van der Waals surface area contributed by atoms with Crippen LogP contribution in [0.2, 0.25) is 10.0 Å². The van der Waals surface area contributed by atoms with Gasteiger partial charge >= 0.3 is 0 Å². The lowest BCUT2D eigenvalue weighted by Gasteiger charge is -2.34. The van der Waals surface area contributed by atoms with Gasteiger partial charge in [-0.15, -0.1) is 0 Å². The van der Waals surface area contributed by atoms with E-state index < -0.39 is 34.3 Å². The third-order valence-corrected chi connectivity index (χ3v) is 10.3. The van der Waals surface area contributed by atoms with Crippen molar-refractivity contribution in [1.29, 1.82) is 0 Å². The van der Waals surface area contributed by atoms with Crippen molar-refractivity contribution in [2.75, 3.05) is 17.5 Å². The van der Waals surface area contributed by atoms with Crippen molar-refractivity contribution in [1.82, 2.24) is 10.2 Å². The Balaban J connectivity index is 1.74. The first-order chi connectivity index (χ1) is 21.5. The van der Waals surface area contributed by atoms with Gasteiger partial charge in [0.15, 0.2) is 0 Å². The number of halogens is 3. The highest BCUT2D eigenvalue weighted by atomic mass is 35.5. The SMILES string of the molecule is CCOc1ccc(N(CC(=O)N(Cc2c(Cl)cccc2Cl)[C@H](CC)C(=O)NC2CCCCC2)S(=O)(=O)c2ccc(F)cc2)cc1. The van der Waals surface area contributed by atoms with E-state index >= 15 is 0 Å². The van der Waals surface area contributed by atoms with Crippen LogP contribution in [0.5, 0.6) is 5.75 Å². The lowest BCUT2D eigenvalue weighted by molar-refractivity contribution is -0.140. The number of rotatable bonds is 13. The van der Waals surface area contributed by atoms with Gasteiger partial charge in [-0.3, -0.25) is 13.9 Å². The predicted molar refractivity (Wildman–Crippen MR) is 175 cm³/mol. The zero-order valence-corrected chi connectivity index (χ0v) is 27.7. The van der Waals surface area contributed by atoms with Crippen LogP contribution in [-0.2, 0) is 26.2 Å². The molecular formula is C33H38Cl2FN3O5S. The van der Waals surface area contributed by atoms with Crippen molar-refractivity contribution in [3.05, 3.63) is 88.2 Å². The Bertz CT molecular complexity index is 1550. The molecule has 45 heavy (non-hydrogen) atoms. The van der Waals surface area contributed by atoms with Crippen LogP contribution in [0.4, 0.5) is 10.1 Å². The number of carbonyl (C=O) groups is 2. The van der Waals surface area contributed by atoms with Crippen LogP contribution >= 0.6 is 23.2 Å². The molecule has 0 bridgehead atoms. The molecule has 1 fully saturated rings. The number of carbonyl (C=O) groups excluding carboxylic acids is 2. The highest BCUT2D eigenvalue weighted by molar-refractivity contribution is 7.92. The standard InChI is InChI=1S/C33H38Cl2FN3O5S/c1-3-31(33(41)37-24-9-6-5-7-10-24)38(21-28-29(34)11-8-12-30(28)35)32(40)22-39(25-15-17-26(18-16-25)44-4-2)45(42,43)27-19-13-23(36)14-20-27/h8,11-20,24,31H,3-7,9-10,21-22H2,1-2H3,(H,37,41)/t31-/m1/s1. The molecule has 0 unspecified atom stereocenters. The molecule has 0 spiro atoms. The summed E-state index contributed by atoms with van der Waals surface area (Å²) in [6, 6.07) is 14.7. The Morgan fingerprint density at radius 1 is 0.956 bits per heavy atom. The van der Waals surface area contributed by atoms with Gasteiger partial charge in [-0.1, -0.05) is 55.5 Å². The minimum atomic E-state index is -4.36. The van der Waals surface area contributed by atoms with Crippen LogP contribution in [0.25, 0.3) is 0 Å². The fraction of sp³-hybridized carbons (Fsp3) is 0.394. The van der Waals surface area contributed by atoms with Gasteiger partial charge in [0.1, 0.15) is 24.2 Å². The fourth-order valence-corrected chi connectivity index (χ4v) is 7.39. The number of benzene rings is 3. The first kappa shape index (κ1) is 34.5. The van der Waals surface area contributed by atoms with Crippen LogP contribution in [0, 0.1) is 5.82 Å². The molecule has 1 N–H and O–H groups in total. The van der Waals surface area contributed by atoms with Crippen molar-refractivity contribution < 1.29 is 27.1 Å². The van der Waals surface area contributed by atoms with Gasteiger partial charge in [0.25, 0.3) is 10.0 Å². The number of sulfonamides is 1. The zero-order valence-electron chi connectivity index (χ0n) is 25.3. The maximum Gasteiger partial charge on any atom is 0.264 e. The molecule has 0 radical (unpaired) electrons. The first-order valence-electron chi connectivity index (χ1n) is 15.1. The van der Waals surface area contributed by atoms with Gasteiger partial charge in [-0.2, -0.15) is 0 Å². The quantitative estimate of drug-likeness (QED) is 0.211. The van der Waals surface area contributed by atoms with E-state index in [9.17, 15) is 22.4 Å². The number of hydrogen-bond donors (Lipinski definition) is 1. The molecule has 8 nitrogen and oxygen atoms in total. The van der Waals surface area contributed by atoms with Crippen molar-refractivity contribution in [2.24, 2.45) is 0 Å². The van der Waals surface area contributed by atoms with Crippen LogP contribution < -0.4 is 14.4 Å². The summed E-state index contributed by atoms with van der Waals surface area (Å²) in [5.41, 5.74) is 0.624. The summed E-state index contributed by atoms with van der Waals surface area (Å²) in [6.07, 6.45) is 5.11. The third kappa shape index (κ3) is 8.68. The summed E-state index contributed by atoms with van der Waals surface area (Å²) in [4.78, 5) is 29.2. The highest BCUT2D eigenvalue weighted by Crippen LogP contribution is 2.30. The number of amides is 2. The molecule has 4 rings (SSSR count). The van der Waals surface area contributed by atoms with E-state index in [1.165, 1.54) is 17.0 Å². The number of ether oxygens (including phenoxy) is 1. The normalized spacial score (nSPS) is 14.4. The molecule has 1 aliphatic carbocycles. The zero-order chi connectivity index (χ0) is 32.6. The van der Waals surface area contributed by atoms with E-state index in [1.54, 1.807) is 37.3 Å². The van der Waals surface area contributed by atoms with Crippen LogP contribution in [0.1, 0.15) is 57.9 Å². The Morgan fingerprint density at radius 3 is 2.16 bits per heavy atom. The third-order valence-electron chi connectivity index (χ3n) is 7.84. The van der Waals surface area contributed by atoms with E-state index in [0.717, 1.165) is 60.7 Å². The van der Waals surface area contributed by atoms with Crippen LogP contribution in [0.15, 0.2) is 71.6 Å². The van der Waals surface area contributed by atoms with Gasteiger partial charge in [0.05, 0.1) is 17.2 Å². The van der Waals surface area contributed by atoms with E-state index in [4.69, 9.17) is 27.9 Å². The largest absolute Gasteiger partial charge is 0.494 e. The minimum Gasteiger partial charge on any atom is -0.494 e. The fourth-order valence-electron chi connectivity index (χ4n) is 5.46. The number of nitrogens with one attached hydrogen (secondary N) is 1. The molecule has 0 heterocycles. The van der Waals surface area contributed by atoms with Gasteiger partial charge in [-0.25, -0.2) is 12.8 Å². The summed E-state index contributed by atoms with van der Waals surface area (Å²) >= 11 is 13.0. The molecule has 1 atom stereocenters. The Morgan fingerprint density at radius 2 is 1.58 bits per heavy atom. The van der Waals surface area contributed by atoms with Crippen molar-refractivity contribution in [3.63, 3.8) is 0 Å². The number of hydrogen-bond acceptors (Lipinski definition) is 5. The summed E-state index contributed by atoms with van der Waals surface area (Å²) in [5, 5.41) is 3.73. The summed E-state index contributed by atoms with van der Waals surface area (Å²) in [5.74, 6) is -1.05. The van der Waals surface area contributed by atoms with Crippen molar-refractivity contribution >= 4 is 50.7 Å². The van der Waals surface area contributed by atoms with Crippen LogP contribution in [-0.4, -0.2) is 50.4 Å². The summed E-state index contributed by atoms with van der Waals surface area (Å²) < 4.78 is 48.2. The molecule has 0 aromatic heterocycles. The van der Waals surface area contributed by atoms with Gasteiger partial charge in [0, 0.05) is 28.2 Å². The smallest absolute Gasteiger partial charge is 0.264 e. The van der Waals surface area contributed by atoms with Gasteiger partial charge in [0.2, 0.25) is 11.8 Å². The maximum absolute atomic E-state index is 14.3. The molecule has 2 amide bonds. The first-order valence-corrected chi connectivity index (χ1v) is 17.3. The van der Waals surface area contributed by atoms with Gasteiger partial charge in [-0.05, 0) is 86.8 Å². The average Bonchev–Trinajstić information content (AvgIpc) is 3.02. The second-order valence-corrected chi connectivity index (χ2v) is 13.6. The molecule has 12 heteroatoms. The second-order valence-electron chi connectivity index (χ2n) is 10.9. The maximum atomic E-state index is 14.3. The van der Waals surface area contributed by atoms with E-state index in [1.807, 2.05) is 6.92 Å². The van der Waals surface area contributed by atoms with E-state index in [-0.39, 0.29) is 35.5 Å². The Hall–Kier alpha value is -3.34. The number of anilines is 1. The second kappa shape index (κ2) is 15.8. The molecule has 3 aromatic carbocycles. The molecule has 0 saturated heterocycles. The monoisotopic (exact) mass is 677 g/mol. The molecule has 0 aliphatic heterocycles. The van der Waals surface area contributed by atoms with E-state index in [2.05, 4.69) is 5.32 Å². The van der Waals surface area contributed by atoms with Gasteiger partial charge < -0.3 is 15.0 Å². The summed E-state index contributed by atoms with van der Waals surface area (Å²) in [6.45, 7) is 3.26. The lowest BCUT2D eigenvalue weighted by atomic mass is 9.95. The minimum absolute atomic E-state index is 0.000333. The molecule has 1 aliphatic rings. The Kier molecular flexibility index (Phi) is 12.1. The average molecular weight is 679 g/mol. The molecule has 1 saturated carbocycles. The van der Waals surface area contributed by atoms with E-state index in [0.29, 0.717) is 28.0 Å². The lowest BCUT2D eigenvalue weighted by Crippen LogP contribution is -2.54. The molecule has 242 valence electrons. The van der Waals surface area contributed by atoms with Crippen molar-refractivity contribution in [3.8, 4) is 5.75 Å². The summed E-state index contributed by atoms with van der Waals surface area (Å²) in [7, 11) is -4.36. The predicted octanol–water partition coefficient (Wildman–Crippen LogP) is 6.98. The molecule has 3 aromatic rings. The number of nitrogens with zero attached hydrogens (tertiary/aromatic N) is 2. The highest BCUT2D eigenvalue weighted by Gasteiger charge is 2.35. The van der Waals surface area contributed by atoms with Crippen molar-refractivity contribution in [2.45, 2.75) is 75.9 Å². The molecular weight excluding hydrogens is 640 g/mol. The Labute approximate surface area is 274 Å². The topological polar surface area (TPSA) is 96.0 Å². The van der Waals surface area contributed by atoms with Crippen LogP contribution in [0.3, 0.4) is 0 Å².